The maximum absolute atomic E-state index is 14.1. The zero-order valence-corrected chi connectivity index (χ0v) is 26.1. The summed E-state index contributed by atoms with van der Waals surface area (Å²) >= 11 is 7.05. The smallest absolute Gasteiger partial charge is 0.330 e. The van der Waals surface area contributed by atoms with Crippen molar-refractivity contribution >= 4 is 46.9 Å². The van der Waals surface area contributed by atoms with Crippen LogP contribution < -0.4 is 15.4 Å². The van der Waals surface area contributed by atoms with Gasteiger partial charge in [-0.3, -0.25) is 14.4 Å². The van der Waals surface area contributed by atoms with Crippen LogP contribution in [0.3, 0.4) is 0 Å². The third-order valence-corrected chi connectivity index (χ3v) is 7.76. The minimum Gasteiger partial charge on any atom is -0.494 e. The number of thioether (sulfide) groups is 1. The van der Waals surface area contributed by atoms with E-state index >= 15 is 0 Å². The van der Waals surface area contributed by atoms with Crippen molar-refractivity contribution in [3.63, 3.8) is 0 Å². The summed E-state index contributed by atoms with van der Waals surface area (Å²) in [5.74, 6) is -3.92. The molecule has 8 nitrogen and oxygen atoms in total. The van der Waals surface area contributed by atoms with Crippen molar-refractivity contribution in [2.75, 3.05) is 12.4 Å². The second kappa shape index (κ2) is 16.6. The Balaban J connectivity index is 1.71. The summed E-state index contributed by atoms with van der Waals surface area (Å²) in [5, 5.41) is 14.6. The topological polar surface area (TPSA) is 122 Å². The molecule has 3 rings (SSSR count). The molecule has 3 N–H and O–H groups in total. The van der Waals surface area contributed by atoms with Crippen LogP contribution in [0.4, 0.5) is 4.39 Å². The van der Waals surface area contributed by atoms with Gasteiger partial charge in [0.05, 0.1) is 30.6 Å². The molecule has 1 atom stereocenters. The Morgan fingerprint density at radius 3 is 2.39 bits per heavy atom. The van der Waals surface area contributed by atoms with Crippen LogP contribution in [0.25, 0.3) is 11.1 Å². The van der Waals surface area contributed by atoms with Gasteiger partial charge in [-0.1, -0.05) is 67.9 Å². The second-order valence-corrected chi connectivity index (χ2v) is 11.5. The Kier molecular flexibility index (Phi) is 13.0. The monoisotopic (exact) mass is 640 g/mol. The van der Waals surface area contributed by atoms with Crippen LogP contribution in [-0.2, 0) is 31.4 Å². The van der Waals surface area contributed by atoms with E-state index in [2.05, 4.69) is 10.6 Å². The summed E-state index contributed by atoms with van der Waals surface area (Å²) in [7, 11) is 0. The highest BCUT2D eigenvalue weighted by atomic mass is 35.5. The molecule has 0 aliphatic heterocycles. The van der Waals surface area contributed by atoms with Crippen molar-refractivity contribution in [2.24, 2.45) is 5.92 Å². The van der Waals surface area contributed by atoms with Crippen molar-refractivity contribution in [1.29, 1.82) is 0 Å². The van der Waals surface area contributed by atoms with Gasteiger partial charge >= 0.3 is 5.97 Å². The van der Waals surface area contributed by atoms with E-state index in [0.717, 1.165) is 22.9 Å². The molecule has 0 fully saturated rings. The number of hydrogen-bond donors (Lipinski definition) is 3. The van der Waals surface area contributed by atoms with E-state index < -0.39 is 47.0 Å². The Morgan fingerprint density at radius 2 is 1.75 bits per heavy atom. The third kappa shape index (κ3) is 9.96. The number of Topliss-reactive ketones (excluding diaryl/α,β-unsaturated/α-hetero) is 1. The standard InChI is InChI=1S/C33H34ClFN2O6S/c1-4-43-29-14-13-22(21-9-6-5-7-10-21)15-23(29)16-30(39)37-32(20(2)3)33(42)36-27(17-31(40)41)28(38)19-44-18-24-25(34)11-8-12-26(24)35/h5-15,17,20,32H,4,16,18-19H2,1-3H3,(H,36,42)(H,37,39)(H,40,41)/b27-17+/t32-/m0/s1. The van der Waals surface area contributed by atoms with Crippen LogP contribution >= 0.6 is 23.4 Å². The lowest BCUT2D eigenvalue weighted by atomic mass is 9.99. The maximum atomic E-state index is 14.1. The fourth-order valence-corrected chi connectivity index (χ4v) is 5.52. The second-order valence-electron chi connectivity index (χ2n) is 10.1. The predicted octanol–water partition coefficient (Wildman–Crippen LogP) is 5.82. The van der Waals surface area contributed by atoms with Gasteiger partial charge in [0.15, 0.2) is 5.78 Å². The molecule has 0 aromatic heterocycles. The van der Waals surface area contributed by atoms with E-state index in [1.165, 1.54) is 18.2 Å². The lowest BCUT2D eigenvalue weighted by Crippen LogP contribution is -2.50. The number of halogens is 2. The molecule has 3 aromatic rings. The first-order valence-corrected chi connectivity index (χ1v) is 15.4. The number of carboxylic acids is 1. The Morgan fingerprint density at radius 1 is 1.02 bits per heavy atom. The third-order valence-electron chi connectivity index (χ3n) is 6.45. The average Bonchev–Trinajstić information content (AvgIpc) is 2.98. The molecule has 11 heteroatoms. The number of allylic oxidation sites excluding steroid dienone is 1. The van der Waals surface area contributed by atoms with E-state index in [-0.39, 0.29) is 28.5 Å². The van der Waals surface area contributed by atoms with Gasteiger partial charge in [0.1, 0.15) is 17.6 Å². The molecule has 0 aliphatic carbocycles. The van der Waals surface area contributed by atoms with Crippen molar-refractivity contribution in [1.82, 2.24) is 10.6 Å². The zero-order valence-electron chi connectivity index (χ0n) is 24.6. The number of ether oxygens (including phenoxy) is 1. The zero-order chi connectivity index (χ0) is 32.2. The van der Waals surface area contributed by atoms with Gasteiger partial charge in [-0.25, -0.2) is 9.18 Å². The molecule has 2 amide bonds. The van der Waals surface area contributed by atoms with E-state index in [9.17, 15) is 28.7 Å². The number of ketones is 1. The SMILES string of the molecule is CCOc1ccc(-c2ccccc2)cc1CC(=O)N[C@H](C(=O)N/C(=C/C(=O)O)C(=O)CSCc1c(F)cccc1Cl)C(C)C. The largest absolute Gasteiger partial charge is 0.494 e. The number of benzene rings is 3. The molecule has 0 spiro atoms. The van der Waals surface area contributed by atoms with E-state index in [1.807, 2.05) is 49.4 Å². The molecule has 0 saturated carbocycles. The van der Waals surface area contributed by atoms with Crippen molar-refractivity contribution in [3.05, 3.63) is 100 Å². The van der Waals surface area contributed by atoms with Gasteiger partial charge in [0.2, 0.25) is 11.8 Å². The number of amides is 2. The number of carbonyl (C=O) groups excluding carboxylic acids is 3. The average molecular weight is 641 g/mol. The Labute approximate surface area is 265 Å². The first kappa shape index (κ1) is 34.3. The maximum Gasteiger partial charge on any atom is 0.330 e. The minimum atomic E-state index is -1.44. The van der Waals surface area contributed by atoms with Crippen LogP contribution in [0.2, 0.25) is 5.02 Å². The summed E-state index contributed by atoms with van der Waals surface area (Å²) in [6.07, 6.45) is 0.512. The van der Waals surface area contributed by atoms with Crippen LogP contribution in [0, 0.1) is 11.7 Å². The van der Waals surface area contributed by atoms with Gasteiger partial charge in [-0.2, -0.15) is 0 Å². The number of carboxylic acid groups (broad SMARTS) is 1. The Hall–Kier alpha value is -4.15. The van der Waals surface area contributed by atoms with Crippen LogP contribution in [0.15, 0.2) is 78.5 Å². The summed E-state index contributed by atoms with van der Waals surface area (Å²) in [6.45, 7) is 5.66. The van der Waals surface area contributed by atoms with Crippen molar-refractivity contribution in [3.8, 4) is 16.9 Å². The molecule has 0 bridgehead atoms. The fraction of sp³-hybridized carbons (Fsp3) is 0.273. The highest BCUT2D eigenvalue weighted by molar-refractivity contribution is 7.99. The first-order chi connectivity index (χ1) is 21.0. The highest BCUT2D eigenvalue weighted by Gasteiger charge is 2.27. The summed E-state index contributed by atoms with van der Waals surface area (Å²) in [4.78, 5) is 50.8. The van der Waals surface area contributed by atoms with Crippen LogP contribution in [0.5, 0.6) is 5.75 Å². The first-order valence-electron chi connectivity index (χ1n) is 13.9. The number of rotatable bonds is 15. The lowest BCUT2D eigenvalue weighted by Gasteiger charge is -2.22. The summed E-state index contributed by atoms with van der Waals surface area (Å²) in [5.41, 5.74) is 2.25. The Bertz CT molecular complexity index is 1510. The molecule has 232 valence electrons. The molecular formula is C33H34ClFN2O6S. The predicted molar refractivity (Wildman–Crippen MR) is 170 cm³/mol. The number of nitrogens with one attached hydrogen (secondary N) is 2. The van der Waals surface area contributed by atoms with Crippen molar-refractivity contribution in [2.45, 2.75) is 39.0 Å². The molecule has 0 radical (unpaired) electrons. The molecule has 0 saturated heterocycles. The minimum absolute atomic E-state index is 0.0609. The molecule has 44 heavy (non-hydrogen) atoms. The van der Waals surface area contributed by atoms with Gasteiger partial charge in [-0.15, -0.1) is 11.8 Å². The highest BCUT2D eigenvalue weighted by Crippen LogP contribution is 2.28. The van der Waals surface area contributed by atoms with Crippen LogP contribution in [-0.4, -0.2) is 47.1 Å². The molecule has 0 heterocycles. The molecule has 0 aliphatic rings. The quantitative estimate of drug-likeness (QED) is 0.179. The van der Waals surface area contributed by atoms with Crippen molar-refractivity contribution < 1.29 is 33.4 Å². The van der Waals surface area contributed by atoms with Gasteiger partial charge in [0, 0.05) is 21.9 Å². The summed E-state index contributed by atoms with van der Waals surface area (Å²) < 4.78 is 19.8. The number of hydrogen-bond acceptors (Lipinski definition) is 6. The molecular weight excluding hydrogens is 607 g/mol. The van der Waals surface area contributed by atoms with Gasteiger partial charge < -0.3 is 20.5 Å². The fourth-order valence-electron chi connectivity index (χ4n) is 4.27. The van der Waals surface area contributed by atoms with E-state index in [0.29, 0.717) is 24.0 Å². The number of carbonyl (C=O) groups is 4. The van der Waals surface area contributed by atoms with Crippen LogP contribution in [0.1, 0.15) is 31.9 Å². The molecule has 0 unspecified atom stereocenters. The van der Waals surface area contributed by atoms with E-state index in [4.69, 9.17) is 16.3 Å². The lowest BCUT2D eigenvalue weighted by molar-refractivity contribution is -0.132. The normalized spacial score (nSPS) is 12.0. The summed E-state index contributed by atoms with van der Waals surface area (Å²) in [6, 6.07) is 18.4. The van der Waals surface area contributed by atoms with Gasteiger partial charge in [-0.05, 0) is 48.2 Å². The van der Waals surface area contributed by atoms with Gasteiger partial charge in [0.25, 0.3) is 0 Å². The number of aliphatic carboxylic acids is 1. The molecule has 3 aromatic carbocycles. The van der Waals surface area contributed by atoms with E-state index in [1.54, 1.807) is 19.9 Å².